The van der Waals surface area contributed by atoms with Crippen LogP contribution in [0.5, 0.6) is 0 Å². The maximum atomic E-state index is 10.7. The Labute approximate surface area is 72.8 Å². The van der Waals surface area contributed by atoms with Gasteiger partial charge < -0.3 is 4.98 Å². The molecule has 0 aromatic carbocycles. The lowest BCUT2D eigenvalue weighted by molar-refractivity contribution is 0.111. The third-order valence-corrected chi connectivity index (χ3v) is 2.69. The molecule has 0 spiro atoms. The first-order chi connectivity index (χ1) is 5.83. The van der Waals surface area contributed by atoms with Gasteiger partial charge in [0.25, 0.3) is 0 Å². The fourth-order valence-electron chi connectivity index (χ4n) is 2.07. The van der Waals surface area contributed by atoms with Crippen molar-refractivity contribution in [2.75, 3.05) is 0 Å². The molecule has 1 aliphatic rings. The Morgan fingerprint density at radius 1 is 1.25 bits per heavy atom. The van der Waals surface area contributed by atoms with Crippen molar-refractivity contribution in [1.82, 2.24) is 4.98 Å². The number of aromatic nitrogens is 1. The molecule has 0 radical (unpaired) electrons. The molecule has 0 saturated heterocycles. The number of hydrogen-bond donors (Lipinski definition) is 1. The molecule has 1 aromatic rings. The predicted molar refractivity (Wildman–Crippen MR) is 51.0 cm³/mol. The summed E-state index contributed by atoms with van der Waals surface area (Å²) in [4.78, 5) is 13.8. The second kappa shape index (κ2) is 2.81. The highest BCUT2D eigenvalue weighted by molar-refractivity contribution is 6.32. The molecule has 1 heterocycles. The molecule has 0 bridgehead atoms. The molecule has 0 saturated carbocycles. The number of carbonyl (C=O) groups excluding carboxylic acids is 1. The van der Waals surface area contributed by atoms with Crippen molar-refractivity contribution in [3.63, 3.8) is 0 Å². The molecule has 3 heteroatoms. The Morgan fingerprint density at radius 2 is 1.92 bits per heavy atom. The van der Waals surface area contributed by atoms with E-state index in [1.165, 1.54) is 29.6 Å². The molecule has 1 aliphatic carbocycles. The molecule has 0 unspecified atom stereocenters. The van der Waals surface area contributed by atoms with E-state index in [0.29, 0.717) is 0 Å². The summed E-state index contributed by atoms with van der Waals surface area (Å²) in [5, 5.41) is 0. The Bertz CT molecular complexity index is 317. The average molecular weight is 161 g/mol. The van der Waals surface area contributed by atoms with E-state index in [9.17, 15) is 4.79 Å². The number of rotatable bonds is 1. The Hall–Kier alpha value is -0.985. The first-order valence-corrected chi connectivity index (χ1v) is 4.48. The summed E-state index contributed by atoms with van der Waals surface area (Å²) in [6, 6.07) is 0. The van der Waals surface area contributed by atoms with E-state index in [-0.39, 0.29) is 0 Å². The summed E-state index contributed by atoms with van der Waals surface area (Å²) >= 11 is 0. The van der Waals surface area contributed by atoms with Crippen molar-refractivity contribution in [3.05, 3.63) is 16.8 Å². The van der Waals surface area contributed by atoms with Crippen molar-refractivity contribution >= 4 is 19.7 Å². The molecule has 62 valence electrons. The van der Waals surface area contributed by atoms with Crippen molar-refractivity contribution in [1.29, 1.82) is 0 Å². The molecule has 0 fully saturated rings. The van der Waals surface area contributed by atoms with Gasteiger partial charge in [-0.25, -0.2) is 0 Å². The van der Waals surface area contributed by atoms with E-state index in [1.807, 2.05) is 0 Å². The highest BCUT2D eigenvalue weighted by Crippen LogP contribution is 2.21. The minimum atomic E-state index is 0.808. The minimum absolute atomic E-state index is 0.808. The van der Waals surface area contributed by atoms with Crippen LogP contribution >= 0.6 is 0 Å². The van der Waals surface area contributed by atoms with Crippen molar-refractivity contribution in [2.24, 2.45) is 0 Å². The highest BCUT2D eigenvalue weighted by atomic mass is 16.1. The monoisotopic (exact) mass is 161 g/mol. The van der Waals surface area contributed by atoms with E-state index in [2.05, 4.69) is 12.8 Å². The first kappa shape index (κ1) is 7.65. The van der Waals surface area contributed by atoms with E-state index in [0.717, 1.165) is 24.8 Å². The third-order valence-electron chi connectivity index (χ3n) is 2.69. The normalized spacial score (nSPS) is 15.7. The molecule has 2 nitrogen and oxygen atoms in total. The molecule has 2 rings (SSSR count). The number of hydrogen-bond acceptors (Lipinski definition) is 1. The van der Waals surface area contributed by atoms with Crippen LogP contribution in [0.2, 0.25) is 0 Å². The van der Waals surface area contributed by atoms with E-state index >= 15 is 0 Å². The Kier molecular flexibility index (Phi) is 1.79. The molecule has 0 amide bonds. The van der Waals surface area contributed by atoms with Gasteiger partial charge in [-0.05, 0) is 42.4 Å². The molecule has 1 N–H and O–H groups in total. The standard InChI is InChI=1S/C9H12BNO/c10-9-7-4-2-1-3-6(7)8(5-12)11-9/h5,11H,1-4,10H2. The number of nitrogens with one attached hydrogen (secondary N) is 1. The highest BCUT2D eigenvalue weighted by Gasteiger charge is 2.16. The number of carbonyl (C=O) groups is 1. The molecular formula is C9H12BNO. The van der Waals surface area contributed by atoms with E-state index in [4.69, 9.17) is 0 Å². The van der Waals surface area contributed by atoms with Gasteiger partial charge in [0.15, 0.2) is 14.1 Å². The Balaban J connectivity index is 2.53. The van der Waals surface area contributed by atoms with Crippen molar-refractivity contribution in [2.45, 2.75) is 25.7 Å². The summed E-state index contributed by atoms with van der Waals surface area (Å²) in [7, 11) is 2.05. The van der Waals surface area contributed by atoms with Gasteiger partial charge >= 0.3 is 0 Å². The number of fused-ring (bicyclic) bond motifs is 1. The number of H-pyrrole nitrogens is 1. The zero-order valence-corrected chi connectivity index (χ0v) is 7.31. The summed E-state index contributed by atoms with van der Waals surface area (Å²) in [5.41, 5.74) is 4.66. The number of aldehydes is 1. The predicted octanol–water partition coefficient (Wildman–Crippen LogP) is -0.0356. The van der Waals surface area contributed by atoms with Crippen LogP contribution in [0.15, 0.2) is 0 Å². The molecule has 0 atom stereocenters. The summed E-state index contributed by atoms with van der Waals surface area (Å²) in [6.07, 6.45) is 5.66. The molecular weight excluding hydrogens is 149 g/mol. The van der Waals surface area contributed by atoms with Crippen LogP contribution in [0.3, 0.4) is 0 Å². The van der Waals surface area contributed by atoms with Gasteiger partial charge in [-0.3, -0.25) is 4.79 Å². The van der Waals surface area contributed by atoms with E-state index in [1.54, 1.807) is 0 Å². The molecule has 1 aromatic heterocycles. The fourth-order valence-corrected chi connectivity index (χ4v) is 2.07. The topological polar surface area (TPSA) is 32.9 Å². The van der Waals surface area contributed by atoms with Gasteiger partial charge in [-0.1, -0.05) is 0 Å². The van der Waals surface area contributed by atoms with Gasteiger partial charge in [0.2, 0.25) is 0 Å². The van der Waals surface area contributed by atoms with Crippen LogP contribution in [0.4, 0.5) is 0 Å². The van der Waals surface area contributed by atoms with Crippen LogP contribution in [0.1, 0.15) is 34.5 Å². The van der Waals surface area contributed by atoms with Crippen molar-refractivity contribution < 1.29 is 4.79 Å². The lowest BCUT2D eigenvalue weighted by Gasteiger charge is -2.11. The summed E-state index contributed by atoms with van der Waals surface area (Å²) < 4.78 is 0. The fraction of sp³-hybridized carbons (Fsp3) is 0.444. The van der Waals surface area contributed by atoms with Crippen LogP contribution in [0, 0.1) is 0 Å². The van der Waals surface area contributed by atoms with Crippen LogP contribution in [0.25, 0.3) is 0 Å². The molecule has 12 heavy (non-hydrogen) atoms. The van der Waals surface area contributed by atoms with E-state index < -0.39 is 0 Å². The smallest absolute Gasteiger partial charge is 0.166 e. The Morgan fingerprint density at radius 3 is 2.58 bits per heavy atom. The SMILES string of the molecule is Bc1[nH]c(C=O)c2c1CCCC2. The summed E-state index contributed by atoms with van der Waals surface area (Å²) in [6.45, 7) is 0. The van der Waals surface area contributed by atoms with Gasteiger partial charge in [0.05, 0.1) is 5.69 Å². The van der Waals surface area contributed by atoms with Gasteiger partial charge in [0.1, 0.15) is 0 Å². The quantitative estimate of drug-likeness (QED) is 0.455. The minimum Gasteiger partial charge on any atom is -0.365 e. The second-order valence-electron chi connectivity index (χ2n) is 3.45. The van der Waals surface area contributed by atoms with Crippen LogP contribution in [-0.4, -0.2) is 19.1 Å². The van der Waals surface area contributed by atoms with Crippen molar-refractivity contribution in [3.8, 4) is 0 Å². The van der Waals surface area contributed by atoms with Crippen LogP contribution in [-0.2, 0) is 12.8 Å². The molecule has 0 aliphatic heterocycles. The zero-order valence-electron chi connectivity index (χ0n) is 7.31. The maximum Gasteiger partial charge on any atom is 0.166 e. The third kappa shape index (κ3) is 1.00. The van der Waals surface area contributed by atoms with Gasteiger partial charge in [0, 0.05) is 0 Å². The maximum absolute atomic E-state index is 10.7. The number of aromatic amines is 1. The second-order valence-corrected chi connectivity index (χ2v) is 3.45. The lowest BCUT2D eigenvalue weighted by atomic mass is 9.87. The van der Waals surface area contributed by atoms with Crippen LogP contribution < -0.4 is 5.59 Å². The largest absolute Gasteiger partial charge is 0.365 e. The summed E-state index contributed by atoms with van der Waals surface area (Å²) in [5.74, 6) is 0. The van der Waals surface area contributed by atoms with Gasteiger partial charge in [-0.2, -0.15) is 0 Å². The average Bonchev–Trinajstić information content (AvgIpc) is 2.44. The van der Waals surface area contributed by atoms with Gasteiger partial charge in [-0.15, -0.1) is 0 Å². The lowest BCUT2D eigenvalue weighted by Crippen LogP contribution is -2.12. The first-order valence-electron chi connectivity index (χ1n) is 4.48. The zero-order chi connectivity index (χ0) is 8.55.